The third-order valence-corrected chi connectivity index (χ3v) is 5.44. The summed E-state index contributed by atoms with van der Waals surface area (Å²) in [6.45, 7) is 0. The molecule has 0 aliphatic rings. The van der Waals surface area contributed by atoms with Gasteiger partial charge in [-0.1, -0.05) is 48.5 Å². The molecule has 28 heavy (non-hydrogen) atoms. The zero-order chi connectivity index (χ0) is 18.7. The number of fused-ring (bicyclic) bond motifs is 6. The number of carbonyl (C=O) groups is 1. The molecule has 2 heterocycles. The highest BCUT2D eigenvalue weighted by Gasteiger charge is 2.16. The summed E-state index contributed by atoms with van der Waals surface area (Å²) in [4.78, 5) is 11.4. The standard InChI is InChI=1S/C25H15NO2/c27-15-16-10-11-18-20-13-21-19-8-4-5-9-24(19)28-25(21)14-23(20)26(22(18)12-16)17-6-2-1-3-7-17/h1-15H. The number of nitrogens with zero attached hydrogens (tertiary/aromatic N) is 1. The highest BCUT2D eigenvalue weighted by molar-refractivity contribution is 6.17. The molecule has 0 amide bonds. The van der Waals surface area contributed by atoms with Crippen LogP contribution in [0.25, 0.3) is 49.4 Å². The Kier molecular flexibility index (Phi) is 3.03. The van der Waals surface area contributed by atoms with E-state index >= 15 is 0 Å². The van der Waals surface area contributed by atoms with Crippen molar-refractivity contribution in [2.45, 2.75) is 0 Å². The summed E-state index contributed by atoms with van der Waals surface area (Å²) in [5.74, 6) is 0. The van der Waals surface area contributed by atoms with E-state index in [0.29, 0.717) is 5.56 Å². The van der Waals surface area contributed by atoms with Gasteiger partial charge >= 0.3 is 0 Å². The van der Waals surface area contributed by atoms with Gasteiger partial charge in [-0.2, -0.15) is 0 Å². The predicted octanol–water partition coefficient (Wildman–Crippen LogP) is 6.50. The molecule has 132 valence electrons. The van der Waals surface area contributed by atoms with Crippen molar-refractivity contribution in [3.8, 4) is 5.69 Å². The van der Waals surface area contributed by atoms with E-state index in [9.17, 15) is 4.79 Å². The van der Waals surface area contributed by atoms with Crippen LogP contribution in [0.5, 0.6) is 0 Å². The lowest BCUT2D eigenvalue weighted by molar-refractivity contribution is 0.112. The highest BCUT2D eigenvalue weighted by atomic mass is 16.3. The molecule has 3 nitrogen and oxygen atoms in total. The lowest BCUT2D eigenvalue weighted by Crippen LogP contribution is -1.93. The van der Waals surface area contributed by atoms with Crippen molar-refractivity contribution in [1.82, 2.24) is 4.57 Å². The molecule has 6 aromatic rings. The Hall–Kier alpha value is -3.85. The Morgan fingerprint density at radius 3 is 2.29 bits per heavy atom. The molecule has 0 saturated carbocycles. The summed E-state index contributed by atoms with van der Waals surface area (Å²) >= 11 is 0. The van der Waals surface area contributed by atoms with Crippen molar-refractivity contribution in [2.24, 2.45) is 0 Å². The van der Waals surface area contributed by atoms with Crippen molar-refractivity contribution in [1.29, 1.82) is 0 Å². The molecule has 0 N–H and O–H groups in total. The molecule has 0 fully saturated rings. The van der Waals surface area contributed by atoms with E-state index in [4.69, 9.17) is 4.42 Å². The molecular weight excluding hydrogens is 346 g/mol. The summed E-state index contributed by atoms with van der Waals surface area (Å²) in [6.07, 6.45) is 0.895. The van der Waals surface area contributed by atoms with E-state index < -0.39 is 0 Å². The van der Waals surface area contributed by atoms with E-state index in [1.807, 2.05) is 54.6 Å². The van der Waals surface area contributed by atoms with Crippen LogP contribution in [0.1, 0.15) is 10.4 Å². The fourth-order valence-corrected chi connectivity index (χ4v) is 4.18. The van der Waals surface area contributed by atoms with Gasteiger partial charge in [0.2, 0.25) is 0 Å². The van der Waals surface area contributed by atoms with Crippen LogP contribution >= 0.6 is 0 Å². The third kappa shape index (κ3) is 2.01. The Bertz CT molecular complexity index is 1520. The van der Waals surface area contributed by atoms with E-state index in [1.165, 1.54) is 0 Å². The average molecular weight is 361 g/mol. The Labute approximate surface area is 160 Å². The number of para-hydroxylation sites is 2. The molecule has 0 radical (unpaired) electrons. The number of carbonyl (C=O) groups excluding carboxylic acids is 1. The number of hydrogen-bond acceptors (Lipinski definition) is 2. The van der Waals surface area contributed by atoms with Crippen LogP contribution in [-0.4, -0.2) is 10.9 Å². The summed E-state index contributed by atoms with van der Waals surface area (Å²) in [5.41, 5.74) is 5.56. The van der Waals surface area contributed by atoms with E-state index in [1.54, 1.807) is 0 Å². The molecule has 0 spiro atoms. The van der Waals surface area contributed by atoms with Crippen molar-refractivity contribution >= 4 is 50.0 Å². The maximum Gasteiger partial charge on any atom is 0.150 e. The molecular formula is C25H15NO2. The number of aromatic nitrogens is 1. The van der Waals surface area contributed by atoms with Crippen LogP contribution in [0.2, 0.25) is 0 Å². The maximum absolute atomic E-state index is 11.4. The van der Waals surface area contributed by atoms with Gasteiger partial charge < -0.3 is 8.98 Å². The highest BCUT2D eigenvalue weighted by Crippen LogP contribution is 2.38. The molecule has 0 saturated heterocycles. The second kappa shape index (κ2) is 5.57. The molecule has 2 aromatic heterocycles. The first-order chi connectivity index (χ1) is 13.8. The van der Waals surface area contributed by atoms with Gasteiger partial charge in [0, 0.05) is 38.9 Å². The van der Waals surface area contributed by atoms with Crippen molar-refractivity contribution < 1.29 is 9.21 Å². The van der Waals surface area contributed by atoms with Gasteiger partial charge in [0.25, 0.3) is 0 Å². The fraction of sp³-hybridized carbons (Fsp3) is 0. The van der Waals surface area contributed by atoms with E-state index in [-0.39, 0.29) is 0 Å². The predicted molar refractivity (Wildman–Crippen MR) is 113 cm³/mol. The number of furan rings is 1. The van der Waals surface area contributed by atoms with Gasteiger partial charge in [0.1, 0.15) is 17.5 Å². The van der Waals surface area contributed by atoms with Gasteiger partial charge in [-0.05, 0) is 30.3 Å². The summed E-state index contributed by atoms with van der Waals surface area (Å²) in [5, 5.41) is 4.49. The lowest BCUT2D eigenvalue weighted by atomic mass is 10.1. The molecule has 0 aliphatic carbocycles. The van der Waals surface area contributed by atoms with Gasteiger partial charge in [-0.15, -0.1) is 0 Å². The van der Waals surface area contributed by atoms with Crippen molar-refractivity contribution in [2.75, 3.05) is 0 Å². The fourth-order valence-electron chi connectivity index (χ4n) is 4.18. The smallest absolute Gasteiger partial charge is 0.150 e. The zero-order valence-electron chi connectivity index (χ0n) is 14.9. The summed E-state index contributed by atoms with van der Waals surface area (Å²) in [7, 11) is 0. The normalized spacial score (nSPS) is 11.7. The van der Waals surface area contributed by atoms with Crippen LogP contribution in [0, 0.1) is 0 Å². The van der Waals surface area contributed by atoms with Crippen LogP contribution in [-0.2, 0) is 0 Å². The number of hydrogen-bond donors (Lipinski definition) is 0. The SMILES string of the molecule is O=Cc1ccc2c3cc4c(cc3n(-c3ccccc3)c2c1)oc1ccccc14. The first kappa shape index (κ1) is 15.2. The van der Waals surface area contributed by atoms with Crippen LogP contribution < -0.4 is 0 Å². The van der Waals surface area contributed by atoms with Crippen LogP contribution in [0.15, 0.2) is 89.3 Å². The van der Waals surface area contributed by atoms with Gasteiger partial charge in [0.15, 0.2) is 0 Å². The summed E-state index contributed by atoms with van der Waals surface area (Å²) < 4.78 is 8.32. The molecule has 0 atom stereocenters. The molecule has 0 bridgehead atoms. The topological polar surface area (TPSA) is 35.1 Å². The number of rotatable bonds is 2. The second-order valence-electron chi connectivity index (χ2n) is 7.03. The van der Waals surface area contributed by atoms with E-state index in [2.05, 4.69) is 34.9 Å². The molecule has 3 heteroatoms. The Balaban J connectivity index is 1.84. The molecule has 0 aliphatic heterocycles. The van der Waals surface area contributed by atoms with Crippen molar-refractivity contribution in [3.05, 3.63) is 90.5 Å². The van der Waals surface area contributed by atoms with Crippen LogP contribution in [0.3, 0.4) is 0 Å². The molecule has 0 unspecified atom stereocenters. The van der Waals surface area contributed by atoms with Gasteiger partial charge in [0.05, 0.1) is 11.0 Å². The maximum atomic E-state index is 11.4. The lowest BCUT2D eigenvalue weighted by Gasteiger charge is -2.07. The minimum Gasteiger partial charge on any atom is -0.456 e. The van der Waals surface area contributed by atoms with Crippen LogP contribution in [0.4, 0.5) is 0 Å². The Morgan fingerprint density at radius 2 is 1.43 bits per heavy atom. The average Bonchev–Trinajstić information content (AvgIpc) is 3.27. The Morgan fingerprint density at radius 1 is 0.643 bits per heavy atom. The quantitative estimate of drug-likeness (QED) is 0.330. The molecule has 6 rings (SSSR count). The second-order valence-corrected chi connectivity index (χ2v) is 7.03. The first-order valence-electron chi connectivity index (χ1n) is 9.23. The first-order valence-corrected chi connectivity index (χ1v) is 9.23. The van der Waals surface area contributed by atoms with Crippen molar-refractivity contribution in [3.63, 3.8) is 0 Å². The summed E-state index contributed by atoms with van der Waals surface area (Å²) in [6, 6.07) is 28.5. The number of aldehydes is 1. The van der Waals surface area contributed by atoms with E-state index in [0.717, 1.165) is 55.7 Å². The monoisotopic (exact) mass is 361 g/mol. The third-order valence-electron chi connectivity index (χ3n) is 5.44. The van der Waals surface area contributed by atoms with Gasteiger partial charge in [-0.25, -0.2) is 0 Å². The molecule has 4 aromatic carbocycles. The number of benzene rings is 4. The largest absolute Gasteiger partial charge is 0.456 e. The van der Waals surface area contributed by atoms with Gasteiger partial charge in [-0.3, -0.25) is 4.79 Å². The minimum absolute atomic E-state index is 0.668. The minimum atomic E-state index is 0.668. The zero-order valence-corrected chi connectivity index (χ0v) is 14.9.